The summed E-state index contributed by atoms with van der Waals surface area (Å²) in [5, 5.41) is 0. The van der Waals surface area contributed by atoms with Crippen LogP contribution in [0.25, 0.3) is 12.2 Å². The van der Waals surface area contributed by atoms with Crippen LogP contribution in [0.15, 0.2) is 36.3 Å². The number of pyridine rings is 1. The van der Waals surface area contributed by atoms with Crippen molar-refractivity contribution in [3.8, 4) is 18.2 Å². The van der Waals surface area contributed by atoms with Gasteiger partial charge in [0.25, 0.3) is 5.56 Å². The van der Waals surface area contributed by atoms with Gasteiger partial charge in [0.1, 0.15) is 11.9 Å². The Hall–Kier alpha value is -3.17. The van der Waals surface area contributed by atoms with Crippen LogP contribution in [0, 0.1) is 12.3 Å². The molecule has 6 heteroatoms. The molecule has 148 valence electrons. The zero-order chi connectivity index (χ0) is 20.4. The number of nitrogens with one attached hydrogen (secondary N) is 1. The lowest BCUT2D eigenvalue weighted by Crippen LogP contribution is -2.57. The Bertz CT molecular complexity index is 1010. The molecule has 1 aliphatic heterocycles. The maximum Gasteiger partial charge on any atom is 0.258 e. The number of hydrogen-bond acceptors (Lipinski definition) is 5. The third-order valence-electron chi connectivity index (χ3n) is 5.78. The highest BCUT2D eigenvalue weighted by Gasteiger charge is 2.39. The maximum atomic E-state index is 12.3. The van der Waals surface area contributed by atoms with Gasteiger partial charge in [-0.05, 0) is 31.4 Å². The van der Waals surface area contributed by atoms with Crippen LogP contribution in [-0.4, -0.2) is 45.1 Å². The molecule has 1 saturated heterocycles. The lowest BCUT2D eigenvalue weighted by Gasteiger charge is -2.42. The van der Waals surface area contributed by atoms with Gasteiger partial charge >= 0.3 is 0 Å². The number of aromatic nitrogens is 3. The van der Waals surface area contributed by atoms with Crippen LogP contribution in [0.2, 0.25) is 0 Å². The zero-order valence-corrected chi connectivity index (χ0v) is 16.3. The van der Waals surface area contributed by atoms with E-state index in [-0.39, 0.29) is 17.6 Å². The molecule has 2 aliphatic rings. The molecule has 0 aromatic carbocycles. The number of hydrogen-bond donors (Lipinski definition) is 1. The summed E-state index contributed by atoms with van der Waals surface area (Å²) in [4.78, 5) is 26.5. The van der Waals surface area contributed by atoms with Gasteiger partial charge < -0.3 is 9.72 Å². The Morgan fingerprint density at radius 3 is 2.76 bits per heavy atom. The van der Waals surface area contributed by atoms with Gasteiger partial charge in [0, 0.05) is 42.9 Å². The minimum atomic E-state index is -0.149. The maximum absolute atomic E-state index is 12.3. The van der Waals surface area contributed by atoms with E-state index < -0.39 is 0 Å². The Balaban J connectivity index is 1.34. The van der Waals surface area contributed by atoms with Gasteiger partial charge in [-0.15, -0.1) is 6.42 Å². The lowest BCUT2D eigenvalue weighted by atomic mass is 10.0. The summed E-state index contributed by atoms with van der Waals surface area (Å²) < 4.78 is 5.92. The predicted molar refractivity (Wildman–Crippen MR) is 114 cm³/mol. The molecule has 2 fully saturated rings. The molecule has 2 unspecified atom stereocenters. The number of likely N-dealkylation sites (tertiary alicyclic amines) is 1. The highest BCUT2D eigenvalue weighted by atomic mass is 16.5. The SMILES string of the molecule is C#Cc1ccc(OC2CN(C3CCC(c4nc(C=C)c(C=C)c(=O)[nH]4)C3)C2)nc1. The van der Waals surface area contributed by atoms with E-state index in [0.717, 1.165) is 43.7 Å². The Labute approximate surface area is 170 Å². The standard InChI is InChI=1S/C23H24N4O2/c1-4-15-7-10-21(24-12-15)29-18-13-27(14-18)17-9-8-16(11-17)22-25-20(6-3)19(5-2)23(28)26-22/h1,5-7,10,12,16-18H,2-3,8-9,11,13-14H2,(H,25,26,28). The average molecular weight is 388 g/mol. The number of ether oxygens (including phenoxy) is 1. The third-order valence-corrected chi connectivity index (χ3v) is 5.78. The van der Waals surface area contributed by atoms with Crippen molar-refractivity contribution in [3.63, 3.8) is 0 Å². The summed E-state index contributed by atoms with van der Waals surface area (Å²) in [5.74, 6) is 4.17. The highest BCUT2D eigenvalue weighted by Crippen LogP contribution is 2.37. The Morgan fingerprint density at radius 2 is 2.10 bits per heavy atom. The van der Waals surface area contributed by atoms with Crippen LogP contribution in [0.3, 0.4) is 0 Å². The van der Waals surface area contributed by atoms with Crippen molar-refractivity contribution in [2.75, 3.05) is 13.1 Å². The second-order valence-electron chi connectivity index (χ2n) is 7.55. The van der Waals surface area contributed by atoms with Gasteiger partial charge in [-0.2, -0.15) is 0 Å². The average Bonchev–Trinajstić information content (AvgIpc) is 3.19. The lowest BCUT2D eigenvalue weighted by molar-refractivity contribution is -0.0100. The van der Waals surface area contributed by atoms with Gasteiger partial charge in [-0.25, -0.2) is 9.97 Å². The topological polar surface area (TPSA) is 71.1 Å². The molecule has 2 aromatic rings. The van der Waals surface area contributed by atoms with Crippen molar-refractivity contribution < 1.29 is 4.74 Å². The van der Waals surface area contributed by atoms with E-state index in [1.54, 1.807) is 12.3 Å². The molecule has 1 N–H and O–H groups in total. The third kappa shape index (κ3) is 3.87. The number of rotatable bonds is 6. The molecule has 0 spiro atoms. The molecule has 4 rings (SSSR count). The van der Waals surface area contributed by atoms with E-state index in [1.807, 2.05) is 12.1 Å². The van der Waals surface area contributed by atoms with Gasteiger partial charge in [-0.3, -0.25) is 9.69 Å². The van der Waals surface area contributed by atoms with Gasteiger partial charge in [0.05, 0.1) is 11.3 Å². The van der Waals surface area contributed by atoms with Gasteiger partial charge in [0.15, 0.2) is 0 Å². The Morgan fingerprint density at radius 1 is 1.28 bits per heavy atom. The fraction of sp³-hybridized carbons (Fsp3) is 0.348. The van der Waals surface area contributed by atoms with E-state index in [0.29, 0.717) is 23.2 Å². The van der Waals surface area contributed by atoms with Crippen LogP contribution in [0.5, 0.6) is 5.88 Å². The minimum absolute atomic E-state index is 0.149. The molecule has 3 heterocycles. The molecule has 6 nitrogen and oxygen atoms in total. The van der Waals surface area contributed by atoms with E-state index >= 15 is 0 Å². The fourth-order valence-electron chi connectivity index (χ4n) is 4.15. The predicted octanol–water partition coefficient (Wildman–Crippen LogP) is 2.83. The normalized spacial score (nSPS) is 21.9. The summed E-state index contributed by atoms with van der Waals surface area (Å²) in [7, 11) is 0. The van der Waals surface area contributed by atoms with E-state index in [2.05, 4.69) is 38.9 Å². The fourth-order valence-corrected chi connectivity index (χ4v) is 4.15. The summed E-state index contributed by atoms with van der Waals surface area (Å²) in [6.45, 7) is 9.22. The molecule has 0 bridgehead atoms. The van der Waals surface area contributed by atoms with Crippen molar-refractivity contribution in [3.05, 3.63) is 64.5 Å². The van der Waals surface area contributed by atoms with Crippen molar-refractivity contribution in [1.82, 2.24) is 19.9 Å². The molecule has 29 heavy (non-hydrogen) atoms. The van der Waals surface area contributed by atoms with Crippen LogP contribution >= 0.6 is 0 Å². The monoisotopic (exact) mass is 388 g/mol. The number of aromatic amines is 1. The number of nitrogens with zero attached hydrogens (tertiary/aromatic N) is 3. The van der Waals surface area contributed by atoms with Crippen molar-refractivity contribution in [1.29, 1.82) is 0 Å². The van der Waals surface area contributed by atoms with Crippen LogP contribution < -0.4 is 10.3 Å². The second kappa shape index (κ2) is 8.06. The largest absolute Gasteiger partial charge is 0.472 e. The summed E-state index contributed by atoms with van der Waals surface area (Å²) in [5.41, 5.74) is 1.67. The molecule has 0 amide bonds. The molecule has 0 radical (unpaired) electrons. The minimum Gasteiger partial charge on any atom is -0.472 e. The highest BCUT2D eigenvalue weighted by molar-refractivity contribution is 5.59. The molecular weight excluding hydrogens is 364 g/mol. The van der Waals surface area contributed by atoms with E-state index in [4.69, 9.17) is 11.2 Å². The van der Waals surface area contributed by atoms with Crippen molar-refractivity contribution in [2.45, 2.75) is 37.3 Å². The van der Waals surface area contributed by atoms with E-state index in [9.17, 15) is 4.79 Å². The first-order valence-corrected chi connectivity index (χ1v) is 9.83. The van der Waals surface area contributed by atoms with Gasteiger partial charge in [-0.1, -0.05) is 25.2 Å². The smallest absolute Gasteiger partial charge is 0.258 e. The van der Waals surface area contributed by atoms with Crippen LogP contribution in [0.4, 0.5) is 0 Å². The number of H-pyrrole nitrogens is 1. The molecule has 1 aliphatic carbocycles. The summed E-state index contributed by atoms with van der Waals surface area (Å²) in [6, 6.07) is 4.13. The Kier molecular flexibility index (Phi) is 5.32. The molecule has 2 atom stereocenters. The van der Waals surface area contributed by atoms with Crippen molar-refractivity contribution in [2.24, 2.45) is 0 Å². The quantitative estimate of drug-likeness (QED) is 0.771. The van der Waals surface area contributed by atoms with Crippen molar-refractivity contribution >= 4 is 12.2 Å². The molecule has 2 aromatic heterocycles. The molecule has 1 saturated carbocycles. The summed E-state index contributed by atoms with van der Waals surface area (Å²) in [6.07, 6.45) is 13.4. The zero-order valence-electron chi connectivity index (χ0n) is 16.3. The first-order chi connectivity index (χ1) is 14.1. The second-order valence-corrected chi connectivity index (χ2v) is 7.55. The van der Waals surface area contributed by atoms with Gasteiger partial charge in [0.2, 0.25) is 5.88 Å². The number of terminal acetylenes is 1. The van der Waals surface area contributed by atoms with E-state index in [1.165, 1.54) is 6.08 Å². The first kappa shape index (κ1) is 19.2. The molecular formula is C23H24N4O2. The first-order valence-electron chi connectivity index (χ1n) is 9.83. The summed E-state index contributed by atoms with van der Waals surface area (Å²) >= 11 is 0. The van der Waals surface area contributed by atoms with Crippen LogP contribution in [-0.2, 0) is 0 Å². The van der Waals surface area contributed by atoms with Crippen LogP contribution in [0.1, 0.15) is 47.8 Å².